The summed E-state index contributed by atoms with van der Waals surface area (Å²) < 4.78 is 28.7. The minimum atomic E-state index is -2.98. The number of hydrogen-bond acceptors (Lipinski definition) is 4. The standard InChI is InChI=1S/C14H21NO3S/c1-10-9-11(18-2)7-8-12(10)15-13-5-4-6-14(13)19(3,16)17/h7-9,13-15H,4-6H2,1-3H3. The molecule has 1 aromatic carbocycles. The number of aryl methyl sites for hydroxylation is 1. The average Bonchev–Trinajstić information content (AvgIpc) is 2.79. The molecule has 0 radical (unpaired) electrons. The Morgan fingerprint density at radius 2 is 2.05 bits per heavy atom. The van der Waals surface area contributed by atoms with Gasteiger partial charge in [0.05, 0.1) is 12.4 Å². The van der Waals surface area contributed by atoms with Crippen molar-refractivity contribution in [3.8, 4) is 5.75 Å². The number of sulfone groups is 1. The van der Waals surface area contributed by atoms with E-state index in [2.05, 4.69) is 5.32 Å². The van der Waals surface area contributed by atoms with Gasteiger partial charge in [-0.05, 0) is 49.9 Å². The van der Waals surface area contributed by atoms with Crippen molar-refractivity contribution in [1.29, 1.82) is 0 Å². The van der Waals surface area contributed by atoms with Crippen molar-refractivity contribution in [3.63, 3.8) is 0 Å². The Kier molecular flexibility index (Phi) is 4.04. The summed E-state index contributed by atoms with van der Waals surface area (Å²) in [6, 6.07) is 5.81. The Bertz CT molecular complexity index is 554. The van der Waals surface area contributed by atoms with Gasteiger partial charge in [0, 0.05) is 18.0 Å². The number of methoxy groups -OCH3 is 1. The molecule has 0 saturated heterocycles. The van der Waals surface area contributed by atoms with Gasteiger partial charge in [-0.3, -0.25) is 0 Å². The summed E-state index contributed by atoms with van der Waals surface area (Å²) in [4.78, 5) is 0. The molecule has 0 aromatic heterocycles. The molecular weight excluding hydrogens is 262 g/mol. The Labute approximate surface area is 115 Å². The molecule has 1 aromatic rings. The zero-order valence-electron chi connectivity index (χ0n) is 11.6. The Hall–Kier alpha value is -1.23. The second kappa shape index (κ2) is 5.41. The normalized spacial score (nSPS) is 23.3. The van der Waals surface area contributed by atoms with Crippen molar-refractivity contribution in [2.24, 2.45) is 0 Å². The highest BCUT2D eigenvalue weighted by Gasteiger charge is 2.34. The second-order valence-electron chi connectivity index (χ2n) is 5.23. The minimum Gasteiger partial charge on any atom is -0.497 e. The molecule has 5 heteroatoms. The van der Waals surface area contributed by atoms with Crippen LogP contribution in [0.15, 0.2) is 18.2 Å². The Morgan fingerprint density at radius 3 is 2.63 bits per heavy atom. The van der Waals surface area contributed by atoms with E-state index in [1.807, 2.05) is 25.1 Å². The van der Waals surface area contributed by atoms with Gasteiger partial charge in [-0.1, -0.05) is 0 Å². The van der Waals surface area contributed by atoms with Gasteiger partial charge in [0.25, 0.3) is 0 Å². The van der Waals surface area contributed by atoms with Gasteiger partial charge in [-0.15, -0.1) is 0 Å². The monoisotopic (exact) mass is 283 g/mol. The Balaban J connectivity index is 2.17. The fourth-order valence-corrected chi connectivity index (χ4v) is 4.12. The molecular formula is C14H21NO3S. The Morgan fingerprint density at radius 1 is 1.32 bits per heavy atom. The number of hydrogen-bond donors (Lipinski definition) is 1. The second-order valence-corrected chi connectivity index (χ2v) is 7.50. The molecule has 2 unspecified atom stereocenters. The molecule has 1 aliphatic rings. The number of nitrogens with one attached hydrogen (secondary N) is 1. The highest BCUT2D eigenvalue weighted by Crippen LogP contribution is 2.30. The lowest BCUT2D eigenvalue weighted by Crippen LogP contribution is -2.34. The fraction of sp³-hybridized carbons (Fsp3) is 0.571. The van der Waals surface area contributed by atoms with Crippen LogP contribution >= 0.6 is 0 Å². The summed E-state index contributed by atoms with van der Waals surface area (Å²) in [6.45, 7) is 2.00. The lowest BCUT2D eigenvalue weighted by molar-refractivity contribution is 0.414. The maximum atomic E-state index is 11.8. The predicted molar refractivity (Wildman–Crippen MR) is 77.6 cm³/mol. The maximum Gasteiger partial charge on any atom is 0.152 e. The van der Waals surface area contributed by atoms with Crippen LogP contribution in [0.1, 0.15) is 24.8 Å². The number of anilines is 1. The molecule has 1 N–H and O–H groups in total. The van der Waals surface area contributed by atoms with Gasteiger partial charge in [0.15, 0.2) is 9.84 Å². The summed E-state index contributed by atoms with van der Waals surface area (Å²) in [5, 5.41) is 3.11. The molecule has 0 heterocycles. The zero-order chi connectivity index (χ0) is 14.0. The number of rotatable bonds is 4. The van der Waals surface area contributed by atoms with E-state index in [9.17, 15) is 8.42 Å². The van der Waals surface area contributed by atoms with Crippen LogP contribution in [0.2, 0.25) is 0 Å². The third kappa shape index (κ3) is 3.21. The first-order chi connectivity index (χ1) is 8.91. The molecule has 0 aliphatic heterocycles. The zero-order valence-corrected chi connectivity index (χ0v) is 12.5. The molecule has 2 rings (SSSR count). The number of ether oxygens (including phenoxy) is 1. The van der Waals surface area contributed by atoms with Gasteiger partial charge in [0.1, 0.15) is 5.75 Å². The molecule has 1 aliphatic carbocycles. The third-order valence-electron chi connectivity index (χ3n) is 3.78. The van der Waals surface area contributed by atoms with E-state index in [0.717, 1.165) is 36.3 Å². The molecule has 106 valence electrons. The van der Waals surface area contributed by atoms with Crippen molar-refractivity contribution < 1.29 is 13.2 Å². The fourth-order valence-electron chi connectivity index (χ4n) is 2.73. The van der Waals surface area contributed by atoms with Crippen LogP contribution in [0.4, 0.5) is 5.69 Å². The van der Waals surface area contributed by atoms with Gasteiger partial charge in [-0.25, -0.2) is 8.42 Å². The van der Waals surface area contributed by atoms with Crippen LogP contribution in [0.5, 0.6) is 5.75 Å². The quantitative estimate of drug-likeness (QED) is 0.922. The highest BCUT2D eigenvalue weighted by molar-refractivity contribution is 7.91. The SMILES string of the molecule is COc1ccc(NC2CCCC2S(C)(=O)=O)c(C)c1. The van der Waals surface area contributed by atoms with Gasteiger partial charge < -0.3 is 10.1 Å². The first-order valence-electron chi connectivity index (χ1n) is 6.52. The number of benzene rings is 1. The molecule has 4 nitrogen and oxygen atoms in total. The van der Waals surface area contributed by atoms with Crippen LogP contribution in [0, 0.1) is 6.92 Å². The van der Waals surface area contributed by atoms with E-state index in [1.165, 1.54) is 6.26 Å². The first-order valence-corrected chi connectivity index (χ1v) is 8.47. The molecule has 19 heavy (non-hydrogen) atoms. The summed E-state index contributed by atoms with van der Waals surface area (Å²) in [6.07, 6.45) is 3.96. The molecule has 2 atom stereocenters. The molecule has 1 fully saturated rings. The predicted octanol–water partition coefficient (Wildman–Crippen LogP) is 2.38. The van der Waals surface area contributed by atoms with E-state index in [0.29, 0.717) is 0 Å². The maximum absolute atomic E-state index is 11.8. The molecule has 1 saturated carbocycles. The topological polar surface area (TPSA) is 55.4 Å². The van der Waals surface area contributed by atoms with Crippen LogP contribution in [-0.4, -0.2) is 33.1 Å². The van der Waals surface area contributed by atoms with Crippen LogP contribution < -0.4 is 10.1 Å². The lowest BCUT2D eigenvalue weighted by atomic mass is 10.1. The lowest BCUT2D eigenvalue weighted by Gasteiger charge is -2.22. The van der Waals surface area contributed by atoms with E-state index in [4.69, 9.17) is 4.74 Å². The smallest absolute Gasteiger partial charge is 0.152 e. The highest BCUT2D eigenvalue weighted by atomic mass is 32.2. The van der Waals surface area contributed by atoms with Crippen molar-refractivity contribution >= 4 is 15.5 Å². The molecule has 0 bridgehead atoms. The molecule has 0 amide bonds. The van der Waals surface area contributed by atoms with E-state index >= 15 is 0 Å². The van der Waals surface area contributed by atoms with Crippen LogP contribution in [0.25, 0.3) is 0 Å². The third-order valence-corrected chi connectivity index (χ3v) is 5.44. The van der Waals surface area contributed by atoms with Crippen LogP contribution in [0.3, 0.4) is 0 Å². The summed E-state index contributed by atoms with van der Waals surface area (Å²) in [5.41, 5.74) is 2.06. The van der Waals surface area contributed by atoms with Gasteiger partial charge >= 0.3 is 0 Å². The van der Waals surface area contributed by atoms with E-state index in [1.54, 1.807) is 7.11 Å². The summed E-state index contributed by atoms with van der Waals surface area (Å²) in [7, 11) is -1.35. The average molecular weight is 283 g/mol. The van der Waals surface area contributed by atoms with Crippen molar-refractivity contribution in [1.82, 2.24) is 0 Å². The minimum absolute atomic E-state index is 0.0158. The van der Waals surface area contributed by atoms with E-state index in [-0.39, 0.29) is 11.3 Å². The van der Waals surface area contributed by atoms with Gasteiger partial charge in [0.2, 0.25) is 0 Å². The summed E-state index contributed by atoms with van der Waals surface area (Å²) in [5.74, 6) is 0.814. The molecule has 0 spiro atoms. The van der Waals surface area contributed by atoms with Crippen molar-refractivity contribution in [3.05, 3.63) is 23.8 Å². The van der Waals surface area contributed by atoms with E-state index < -0.39 is 9.84 Å². The first kappa shape index (κ1) is 14.2. The largest absolute Gasteiger partial charge is 0.497 e. The van der Waals surface area contributed by atoms with Crippen LogP contribution in [-0.2, 0) is 9.84 Å². The summed E-state index contributed by atoms with van der Waals surface area (Å²) >= 11 is 0. The van der Waals surface area contributed by atoms with Crippen molar-refractivity contribution in [2.75, 3.05) is 18.7 Å². The van der Waals surface area contributed by atoms with Crippen molar-refractivity contribution in [2.45, 2.75) is 37.5 Å². The van der Waals surface area contributed by atoms with Gasteiger partial charge in [-0.2, -0.15) is 0 Å².